The van der Waals surface area contributed by atoms with Crippen molar-refractivity contribution in [1.82, 2.24) is 14.6 Å². The fourth-order valence-corrected chi connectivity index (χ4v) is 1.92. The second-order valence-corrected chi connectivity index (χ2v) is 4.12. The van der Waals surface area contributed by atoms with E-state index in [4.69, 9.17) is 5.11 Å². The smallest absolute Gasteiger partial charge is 0.356 e. The number of aromatic nitrogens is 3. The quantitative estimate of drug-likeness (QED) is 0.831. The standard InChI is InChI=1S/C11H11N3O2/c15-11(16)9-6-14-10(12-9)5-4-8(13-14)7-2-1-3-7/h4-7H,1-3H2,(H,15,16). The molecule has 0 radical (unpaired) electrons. The van der Waals surface area contributed by atoms with Gasteiger partial charge in [-0.1, -0.05) is 6.42 Å². The van der Waals surface area contributed by atoms with E-state index in [1.165, 1.54) is 25.5 Å². The van der Waals surface area contributed by atoms with Crippen molar-refractivity contribution in [3.8, 4) is 0 Å². The number of carboxylic acids is 1. The van der Waals surface area contributed by atoms with Crippen molar-refractivity contribution in [1.29, 1.82) is 0 Å². The number of carbonyl (C=O) groups is 1. The fourth-order valence-electron chi connectivity index (χ4n) is 1.92. The van der Waals surface area contributed by atoms with E-state index in [-0.39, 0.29) is 5.69 Å². The number of imidazole rings is 1. The molecule has 0 aromatic carbocycles. The van der Waals surface area contributed by atoms with Crippen molar-refractivity contribution >= 4 is 11.6 Å². The van der Waals surface area contributed by atoms with Crippen LogP contribution >= 0.6 is 0 Å². The van der Waals surface area contributed by atoms with E-state index in [0.29, 0.717) is 11.6 Å². The highest BCUT2D eigenvalue weighted by molar-refractivity contribution is 5.85. The third-order valence-corrected chi connectivity index (χ3v) is 3.08. The van der Waals surface area contributed by atoms with Crippen molar-refractivity contribution in [3.63, 3.8) is 0 Å². The van der Waals surface area contributed by atoms with Crippen LogP contribution in [-0.4, -0.2) is 25.7 Å². The highest BCUT2D eigenvalue weighted by Crippen LogP contribution is 2.34. The summed E-state index contributed by atoms with van der Waals surface area (Å²) in [5.74, 6) is -0.476. The van der Waals surface area contributed by atoms with Crippen LogP contribution in [0.15, 0.2) is 18.3 Å². The molecule has 1 N–H and O–H groups in total. The molecule has 0 atom stereocenters. The molecule has 1 aliphatic carbocycles. The molecule has 0 spiro atoms. The van der Waals surface area contributed by atoms with Crippen LogP contribution in [0.5, 0.6) is 0 Å². The first-order valence-corrected chi connectivity index (χ1v) is 5.33. The number of nitrogens with zero attached hydrogens (tertiary/aromatic N) is 3. The number of carboxylic acid groups (broad SMARTS) is 1. The molecule has 5 heteroatoms. The van der Waals surface area contributed by atoms with Crippen LogP contribution in [0.3, 0.4) is 0 Å². The van der Waals surface area contributed by atoms with Gasteiger partial charge in [-0.05, 0) is 25.0 Å². The summed E-state index contributed by atoms with van der Waals surface area (Å²) in [4.78, 5) is 14.7. The molecule has 0 bridgehead atoms. The predicted octanol–water partition coefficient (Wildman–Crippen LogP) is 1.69. The largest absolute Gasteiger partial charge is 0.476 e. The van der Waals surface area contributed by atoms with Crippen LogP contribution in [0.4, 0.5) is 0 Å². The van der Waals surface area contributed by atoms with Crippen LogP contribution in [0.2, 0.25) is 0 Å². The van der Waals surface area contributed by atoms with Gasteiger partial charge < -0.3 is 5.11 Å². The van der Waals surface area contributed by atoms with E-state index in [1.54, 1.807) is 4.52 Å². The van der Waals surface area contributed by atoms with E-state index in [0.717, 1.165) is 5.69 Å². The highest BCUT2D eigenvalue weighted by atomic mass is 16.4. The molecule has 16 heavy (non-hydrogen) atoms. The summed E-state index contributed by atoms with van der Waals surface area (Å²) in [7, 11) is 0. The summed E-state index contributed by atoms with van der Waals surface area (Å²) in [5, 5.41) is 13.2. The van der Waals surface area contributed by atoms with Gasteiger partial charge in [-0.2, -0.15) is 5.10 Å². The lowest BCUT2D eigenvalue weighted by Crippen LogP contribution is -2.11. The molecule has 0 unspecified atom stereocenters. The zero-order chi connectivity index (χ0) is 11.1. The van der Waals surface area contributed by atoms with Gasteiger partial charge >= 0.3 is 5.97 Å². The molecule has 1 saturated carbocycles. The monoisotopic (exact) mass is 217 g/mol. The summed E-state index contributed by atoms with van der Waals surface area (Å²) in [6.07, 6.45) is 5.08. The maximum absolute atomic E-state index is 10.8. The SMILES string of the molecule is O=C(O)c1cn2nc(C3CCC3)ccc2n1. The van der Waals surface area contributed by atoms with Crippen molar-refractivity contribution in [2.24, 2.45) is 0 Å². The maximum atomic E-state index is 10.8. The number of fused-ring (bicyclic) bond motifs is 1. The summed E-state index contributed by atoms with van der Waals surface area (Å²) >= 11 is 0. The Morgan fingerprint density at radius 3 is 2.88 bits per heavy atom. The van der Waals surface area contributed by atoms with E-state index in [2.05, 4.69) is 10.1 Å². The molecular weight excluding hydrogens is 206 g/mol. The summed E-state index contributed by atoms with van der Waals surface area (Å²) < 4.78 is 1.55. The molecule has 0 saturated heterocycles. The summed E-state index contributed by atoms with van der Waals surface area (Å²) in [6.45, 7) is 0. The van der Waals surface area contributed by atoms with E-state index >= 15 is 0 Å². The highest BCUT2D eigenvalue weighted by Gasteiger charge is 2.21. The lowest BCUT2D eigenvalue weighted by molar-refractivity contribution is 0.0691. The van der Waals surface area contributed by atoms with Gasteiger partial charge in [0.2, 0.25) is 0 Å². The predicted molar refractivity (Wildman–Crippen MR) is 56.5 cm³/mol. The molecule has 1 aliphatic rings. The molecule has 3 rings (SSSR count). The number of hydrogen-bond acceptors (Lipinski definition) is 3. The molecule has 2 aromatic rings. The maximum Gasteiger partial charge on any atom is 0.356 e. The Morgan fingerprint density at radius 2 is 2.25 bits per heavy atom. The molecule has 5 nitrogen and oxygen atoms in total. The minimum atomic E-state index is -1.02. The normalized spacial score (nSPS) is 16.2. The number of aromatic carboxylic acids is 1. The second kappa shape index (κ2) is 3.30. The Balaban J connectivity index is 2.06. The average molecular weight is 217 g/mol. The van der Waals surface area contributed by atoms with E-state index in [9.17, 15) is 4.79 Å². The van der Waals surface area contributed by atoms with Gasteiger partial charge in [0.15, 0.2) is 11.3 Å². The molecule has 0 aliphatic heterocycles. The first-order chi connectivity index (χ1) is 7.74. The van der Waals surface area contributed by atoms with Gasteiger partial charge in [-0.15, -0.1) is 0 Å². The van der Waals surface area contributed by atoms with Crippen molar-refractivity contribution in [2.75, 3.05) is 0 Å². The first kappa shape index (κ1) is 9.33. The minimum absolute atomic E-state index is 0.0401. The first-order valence-electron chi connectivity index (χ1n) is 5.33. The van der Waals surface area contributed by atoms with Crippen LogP contribution in [0.1, 0.15) is 41.4 Å². The van der Waals surface area contributed by atoms with Gasteiger partial charge in [-0.25, -0.2) is 14.3 Å². The van der Waals surface area contributed by atoms with Crippen molar-refractivity contribution in [2.45, 2.75) is 25.2 Å². The molecule has 2 heterocycles. The van der Waals surface area contributed by atoms with Crippen LogP contribution < -0.4 is 0 Å². The Bertz CT molecular complexity index is 557. The second-order valence-electron chi connectivity index (χ2n) is 4.12. The Kier molecular flexibility index (Phi) is 1.92. The third-order valence-electron chi connectivity index (χ3n) is 3.08. The molecular formula is C11H11N3O2. The van der Waals surface area contributed by atoms with Crippen LogP contribution in [-0.2, 0) is 0 Å². The Morgan fingerprint density at radius 1 is 1.44 bits per heavy atom. The molecule has 2 aromatic heterocycles. The Hall–Kier alpha value is -1.91. The third kappa shape index (κ3) is 1.36. The Labute approximate surface area is 91.7 Å². The van der Waals surface area contributed by atoms with Crippen molar-refractivity contribution in [3.05, 3.63) is 29.7 Å². The zero-order valence-corrected chi connectivity index (χ0v) is 8.63. The number of rotatable bonds is 2. The molecule has 0 amide bonds. The van der Waals surface area contributed by atoms with Crippen molar-refractivity contribution < 1.29 is 9.90 Å². The van der Waals surface area contributed by atoms with Gasteiger partial charge in [-0.3, -0.25) is 0 Å². The lowest BCUT2D eigenvalue weighted by atomic mass is 9.83. The zero-order valence-electron chi connectivity index (χ0n) is 8.63. The van der Waals surface area contributed by atoms with Gasteiger partial charge in [0, 0.05) is 5.92 Å². The van der Waals surface area contributed by atoms with Crippen LogP contribution in [0, 0.1) is 0 Å². The van der Waals surface area contributed by atoms with E-state index in [1.807, 2.05) is 12.1 Å². The van der Waals surface area contributed by atoms with Gasteiger partial charge in [0.25, 0.3) is 0 Å². The summed E-state index contributed by atoms with van der Waals surface area (Å²) in [6, 6.07) is 3.77. The van der Waals surface area contributed by atoms with E-state index < -0.39 is 5.97 Å². The minimum Gasteiger partial charge on any atom is -0.476 e. The molecule has 1 fully saturated rings. The average Bonchev–Trinajstić information content (AvgIpc) is 2.57. The molecule has 82 valence electrons. The summed E-state index contributed by atoms with van der Waals surface area (Å²) in [5.41, 5.74) is 1.66. The topological polar surface area (TPSA) is 67.5 Å². The number of hydrogen-bond donors (Lipinski definition) is 1. The van der Waals surface area contributed by atoms with Crippen LogP contribution in [0.25, 0.3) is 5.65 Å². The lowest BCUT2D eigenvalue weighted by Gasteiger charge is -2.24. The van der Waals surface area contributed by atoms with Gasteiger partial charge in [0.1, 0.15) is 0 Å². The van der Waals surface area contributed by atoms with Gasteiger partial charge in [0.05, 0.1) is 11.9 Å². The fraction of sp³-hybridized carbons (Fsp3) is 0.364.